The van der Waals surface area contributed by atoms with Crippen LogP contribution in [0.15, 0.2) is 18.2 Å². The van der Waals surface area contributed by atoms with Crippen LogP contribution in [-0.2, 0) is 9.59 Å². The fourth-order valence-electron chi connectivity index (χ4n) is 2.89. The van der Waals surface area contributed by atoms with E-state index in [2.05, 4.69) is 16.0 Å². The number of anilines is 2. The molecule has 6 heteroatoms. The molecule has 1 aliphatic rings. The summed E-state index contributed by atoms with van der Waals surface area (Å²) in [5, 5.41) is 8.88. The molecule has 0 heterocycles. The fourth-order valence-corrected chi connectivity index (χ4v) is 3.12. The van der Waals surface area contributed by atoms with Gasteiger partial charge in [-0.05, 0) is 55.6 Å². The van der Waals surface area contributed by atoms with Gasteiger partial charge in [0.1, 0.15) is 0 Å². The van der Waals surface area contributed by atoms with Gasteiger partial charge in [0.25, 0.3) is 0 Å². The van der Waals surface area contributed by atoms with E-state index in [0.29, 0.717) is 18.8 Å². The Morgan fingerprint density at radius 1 is 1.17 bits per heavy atom. The molecule has 2 amide bonds. The molecule has 2 rings (SSSR count). The third-order valence-corrected chi connectivity index (χ3v) is 4.50. The molecule has 1 fully saturated rings. The Hall–Kier alpha value is -1.95. The van der Waals surface area contributed by atoms with Crippen LogP contribution in [0.2, 0.25) is 0 Å². The van der Waals surface area contributed by atoms with Gasteiger partial charge in [-0.2, -0.15) is 0 Å². The van der Waals surface area contributed by atoms with E-state index in [0.717, 1.165) is 29.8 Å². The van der Waals surface area contributed by atoms with Gasteiger partial charge in [-0.25, -0.2) is 0 Å². The zero-order valence-electron chi connectivity index (χ0n) is 14.3. The number of hydrogen-bond acceptors (Lipinski definition) is 3. The lowest BCUT2D eigenvalue weighted by Crippen LogP contribution is -2.34. The molecular weight excluding hydrogens is 322 g/mol. The number of hydrogen-bond donors (Lipinski definition) is 3. The Bertz CT molecular complexity index is 625. The standard InChI is InChI=1S/C18H25N3O2S/c1-3-16(22)20-15-11-14(9-8-12(15)2)19-18(24)21-17(23)10-13-6-4-5-7-13/h8-9,11,13H,3-7,10H2,1-2H3,(H,20,22)(H2,19,21,23,24). The van der Waals surface area contributed by atoms with Crippen molar-refractivity contribution in [3.05, 3.63) is 23.8 Å². The van der Waals surface area contributed by atoms with Crippen molar-refractivity contribution in [3.8, 4) is 0 Å². The van der Waals surface area contributed by atoms with Crippen LogP contribution in [0, 0.1) is 12.8 Å². The van der Waals surface area contributed by atoms with Crippen LogP contribution in [0.25, 0.3) is 0 Å². The van der Waals surface area contributed by atoms with Gasteiger partial charge in [0.05, 0.1) is 0 Å². The van der Waals surface area contributed by atoms with Crippen LogP contribution in [0.1, 0.15) is 51.0 Å². The number of amides is 2. The molecule has 0 atom stereocenters. The minimum Gasteiger partial charge on any atom is -0.332 e. The van der Waals surface area contributed by atoms with Gasteiger partial charge in [-0.3, -0.25) is 9.59 Å². The van der Waals surface area contributed by atoms with Gasteiger partial charge in [-0.15, -0.1) is 0 Å². The molecule has 0 radical (unpaired) electrons. The molecule has 5 nitrogen and oxygen atoms in total. The summed E-state index contributed by atoms with van der Waals surface area (Å²) in [6.45, 7) is 3.73. The van der Waals surface area contributed by atoms with E-state index >= 15 is 0 Å². The summed E-state index contributed by atoms with van der Waals surface area (Å²) in [5.41, 5.74) is 2.45. The SMILES string of the molecule is CCC(=O)Nc1cc(NC(=S)NC(=O)CC2CCCC2)ccc1C. The number of benzene rings is 1. The van der Waals surface area contributed by atoms with E-state index in [1.54, 1.807) is 0 Å². The third kappa shape index (κ3) is 5.60. The Balaban J connectivity index is 1.89. The molecule has 24 heavy (non-hydrogen) atoms. The van der Waals surface area contributed by atoms with Crippen molar-refractivity contribution < 1.29 is 9.59 Å². The maximum atomic E-state index is 12.0. The van der Waals surface area contributed by atoms with Crippen molar-refractivity contribution in [1.82, 2.24) is 5.32 Å². The van der Waals surface area contributed by atoms with Crippen LogP contribution in [0.4, 0.5) is 11.4 Å². The van der Waals surface area contributed by atoms with E-state index in [-0.39, 0.29) is 16.9 Å². The molecule has 1 aliphatic carbocycles. The Morgan fingerprint density at radius 3 is 2.54 bits per heavy atom. The first-order valence-electron chi connectivity index (χ1n) is 8.49. The topological polar surface area (TPSA) is 70.2 Å². The van der Waals surface area contributed by atoms with Gasteiger partial charge in [0.2, 0.25) is 11.8 Å². The maximum Gasteiger partial charge on any atom is 0.226 e. The smallest absolute Gasteiger partial charge is 0.226 e. The van der Waals surface area contributed by atoms with Crippen LogP contribution < -0.4 is 16.0 Å². The van der Waals surface area contributed by atoms with Crippen molar-refractivity contribution in [2.45, 2.75) is 52.4 Å². The van der Waals surface area contributed by atoms with Crippen LogP contribution in [-0.4, -0.2) is 16.9 Å². The highest BCUT2D eigenvalue weighted by atomic mass is 32.1. The molecule has 1 saturated carbocycles. The third-order valence-electron chi connectivity index (χ3n) is 4.29. The first kappa shape index (κ1) is 18.4. The predicted molar refractivity (Wildman–Crippen MR) is 101 cm³/mol. The molecule has 130 valence electrons. The van der Waals surface area contributed by atoms with Crippen LogP contribution >= 0.6 is 12.2 Å². The van der Waals surface area contributed by atoms with Gasteiger partial charge in [-0.1, -0.05) is 25.8 Å². The summed E-state index contributed by atoms with van der Waals surface area (Å²) in [5.74, 6) is 0.414. The minimum absolute atomic E-state index is 0.0361. The summed E-state index contributed by atoms with van der Waals surface area (Å²) in [4.78, 5) is 23.6. The van der Waals surface area contributed by atoms with Crippen molar-refractivity contribution in [1.29, 1.82) is 0 Å². The Labute approximate surface area is 148 Å². The summed E-state index contributed by atoms with van der Waals surface area (Å²) < 4.78 is 0. The van der Waals surface area contributed by atoms with Crippen molar-refractivity contribution in [3.63, 3.8) is 0 Å². The normalized spacial score (nSPS) is 14.2. The largest absolute Gasteiger partial charge is 0.332 e. The average molecular weight is 347 g/mol. The zero-order chi connectivity index (χ0) is 17.5. The number of rotatable bonds is 5. The second kappa shape index (κ2) is 8.78. The lowest BCUT2D eigenvalue weighted by Gasteiger charge is -2.14. The molecule has 1 aromatic carbocycles. The summed E-state index contributed by atoms with van der Waals surface area (Å²) in [7, 11) is 0. The molecule has 1 aromatic rings. The van der Waals surface area contributed by atoms with Gasteiger partial charge >= 0.3 is 0 Å². The summed E-state index contributed by atoms with van der Waals surface area (Å²) >= 11 is 5.21. The van der Waals surface area contributed by atoms with E-state index < -0.39 is 0 Å². The minimum atomic E-state index is -0.0392. The molecule has 0 spiro atoms. The fraction of sp³-hybridized carbons (Fsp3) is 0.500. The highest BCUT2D eigenvalue weighted by molar-refractivity contribution is 7.80. The highest BCUT2D eigenvalue weighted by Crippen LogP contribution is 2.27. The maximum absolute atomic E-state index is 12.0. The van der Waals surface area contributed by atoms with E-state index in [4.69, 9.17) is 12.2 Å². The van der Waals surface area contributed by atoms with E-state index in [9.17, 15) is 9.59 Å². The first-order valence-corrected chi connectivity index (χ1v) is 8.90. The molecule has 0 saturated heterocycles. The first-order chi connectivity index (χ1) is 11.5. The summed E-state index contributed by atoms with van der Waals surface area (Å²) in [6.07, 6.45) is 5.66. The van der Waals surface area contributed by atoms with Gasteiger partial charge < -0.3 is 16.0 Å². The van der Waals surface area contributed by atoms with E-state index in [1.165, 1.54) is 12.8 Å². The number of carbonyl (C=O) groups excluding carboxylic acids is 2. The summed E-state index contributed by atoms with van der Waals surface area (Å²) in [6, 6.07) is 5.58. The molecule has 0 aromatic heterocycles. The molecular formula is C18H25N3O2S. The number of aryl methyl sites for hydroxylation is 1. The van der Waals surface area contributed by atoms with Crippen molar-refractivity contribution >= 4 is 40.5 Å². The Kier molecular flexibility index (Phi) is 6.73. The van der Waals surface area contributed by atoms with Crippen LogP contribution in [0.5, 0.6) is 0 Å². The van der Waals surface area contributed by atoms with Crippen molar-refractivity contribution in [2.75, 3.05) is 10.6 Å². The quantitative estimate of drug-likeness (QED) is 0.710. The van der Waals surface area contributed by atoms with Gasteiger partial charge in [0, 0.05) is 24.2 Å². The molecule has 0 unspecified atom stereocenters. The van der Waals surface area contributed by atoms with E-state index in [1.807, 2.05) is 32.0 Å². The average Bonchev–Trinajstić information content (AvgIpc) is 3.03. The Morgan fingerprint density at radius 2 is 1.88 bits per heavy atom. The van der Waals surface area contributed by atoms with Gasteiger partial charge in [0.15, 0.2) is 5.11 Å². The predicted octanol–water partition coefficient (Wildman–Crippen LogP) is 3.74. The number of nitrogens with one attached hydrogen (secondary N) is 3. The van der Waals surface area contributed by atoms with Crippen LogP contribution in [0.3, 0.4) is 0 Å². The second-order valence-electron chi connectivity index (χ2n) is 6.29. The number of carbonyl (C=O) groups is 2. The lowest BCUT2D eigenvalue weighted by molar-refractivity contribution is -0.120. The highest BCUT2D eigenvalue weighted by Gasteiger charge is 2.18. The molecule has 0 bridgehead atoms. The monoisotopic (exact) mass is 347 g/mol. The zero-order valence-corrected chi connectivity index (χ0v) is 15.1. The number of thiocarbonyl (C=S) groups is 1. The molecule has 0 aliphatic heterocycles. The van der Waals surface area contributed by atoms with Crippen molar-refractivity contribution in [2.24, 2.45) is 5.92 Å². The lowest BCUT2D eigenvalue weighted by atomic mass is 10.0. The second-order valence-corrected chi connectivity index (χ2v) is 6.70. The molecule has 3 N–H and O–H groups in total.